The number of rotatable bonds is 2. The lowest BCUT2D eigenvalue weighted by molar-refractivity contribution is 1.27. The summed E-state index contributed by atoms with van der Waals surface area (Å²) in [6.45, 7) is 0. The van der Waals surface area contributed by atoms with Gasteiger partial charge in [0.2, 0.25) is 0 Å². The van der Waals surface area contributed by atoms with Crippen molar-refractivity contribution in [2.75, 3.05) is 0 Å². The summed E-state index contributed by atoms with van der Waals surface area (Å²) < 4.78 is 3.34. The SMILES string of the molecule is c1ccc(-c2ccc(-c3ccccc3)c3c2SNS3)cc1. The third-order valence-electron chi connectivity index (χ3n) is 3.57. The Morgan fingerprint density at radius 1 is 0.524 bits per heavy atom. The highest BCUT2D eigenvalue weighted by Gasteiger charge is 2.21. The van der Waals surface area contributed by atoms with E-state index in [2.05, 4.69) is 76.9 Å². The molecule has 1 N–H and O–H groups in total. The molecule has 0 radical (unpaired) electrons. The molecule has 0 amide bonds. The van der Waals surface area contributed by atoms with E-state index in [4.69, 9.17) is 0 Å². The molecule has 0 atom stereocenters. The minimum absolute atomic E-state index is 1.27. The summed E-state index contributed by atoms with van der Waals surface area (Å²) in [6, 6.07) is 25.6. The van der Waals surface area contributed by atoms with Crippen molar-refractivity contribution < 1.29 is 0 Å². The summed E-state index contributed by atoms with van der Waals surface area (Å²) in [5.41, 5.74) is 5.14. The smallest absolute Gasteiger partial charge is 0.0470 e. The first-order valence-corrected chi connectivity index (χ1v) is 8.43. The maximum atomic E-state index is 3.34. The molecule has 1 nitrogen and oxygen atoms in total. The normalized spacial score (nSPS) is 13.1. The molecule has 1 heterocycles. The molecule has 0 fully saturated rings. The number of hydrogen-bond donors (Lipinski definition) is 1. The third-order valence-corrected chi connectivity index (χ3v) is 5.62. The third kappa shape index (κ3) is 2.38. The molecule has 3 heteroatoms. The summed E-state index contributed by atoms with van der Waals surface area (Å²) >= 11 is 3.42. The predicted octanol–water partition coefficient (Wildman–Crippen LogP) is 5.64. The van der Waals surface area contributed by atoms with E-state index in [0.717, 1.165) is 0 Å². The molecule has 0 spiro atoms. The first-order valence-electron chi connectivity index (χ1n) is 6.80. The lowest BCUT2D eigenvalue weighted by atomic mass is 10.00. The summed E-state index contributed by atoms with van der Waals surface area (Å²) in [6.07, 6.45) is 0. The topological polar surface area (TPSA) is 12.0 Å². The van der Waals surface area contributed by atoms with Crippen LogP contribution in [-0.2, 0) is 0 Å². The van der Waals surface area contributed by atoms with Gasteiger partial charge in [-0.15, -0.1) is 0 Å². The molecule has 1 aliphatic rings. The van der Waals surface area contributed by atoms with E-state index in [0.29, 0.717) is 0 Å². The van der Waals surface area contributed by atoms with Gasteiger partial charge in [-0.05, 0) is 46.1 Å². The van der Waals surface area contributed by atoms with Gasteiger partial charge in [0.25, 0.3) is 0 Å². The van der Waals surface area contributed by atoms with Crippen LogP contribution in [0, 0.1) is 0 Å². The van der Waals surface area contributed by atoms with Crippen molar-refractivity contribution in [2.24, 2.45) is 0 Å². The van der Waals surface area contributed by atoms with Crippen LogP contribution in [0.25, 0.3) is 22.3 Å². The molecule has 0 unspecified atom stereocenters. The molecule has 0 bridgehead atoms. The van der Waals surface area contributed by atoms with E-state index in [1.54, 1.807) is 23.9 Å². The Bertz CT molecular complexity index is 703. The van der Waals surface area contributed by atoms with Gasteiger partial charge in [-0.3, -0.25) is 0 Å². The Morgan fingerprint density at radius 2 is 0.952 bits per heavy atom. The molecule has 3 aromatic carbocycles. The maximum Gasteiger partial charge on any atom is 0.0470 e. The standard InChI is InChI=1S/C18H13NS2/c1-3-7-13(8-4-1)15-11-12-16(14-9-5-2-6-10-14)18-17(15)20-19-21-18/h1-12,19H. The lowest BCUT2D eigenvalue weighted by Gasteiger charge is -2.11. The van der Waals surface area contributed by atoms with E-state index in [9.17, 15) is 0 Å². The van der Waals surface area contributed by atoms with Crippen molar-refractivity contribution in [1.29, 1.82) is 0 Å². The van der Waals surface area contributed by atoms with Crippen LogP contribution in [0.1, 0.15) is 0 Å². The fourth-order valence-electron chi connectivity index (χ4n) is 2.56. The second kappa shape index (κ2) is 5.60. The minimum atomic E-state index is 1.27. The van der Waals surface area contributed by atoms with Crippen molar-refractivity contribution in [3.63, 3.8) is 0 Å². The highest BCUT2D eigenvalue weighted by atomic mass is 32.2. The average Bonchev–Trinajstić information content (AvgIpc) is 3.05. The summed E-state index contributed by atoms with van der Waals surface area (Å²) in [5.74, 6) is 0. The van der Waals surface area contributed by atoms with Crippen LogP contribution in [0.5, 0.6) is 0 Å². The second-order valence-electron chi connectivity index (χ2n) is 4.84. The van der Waals surface area contributed by atoms with Gasteiger partial charge in [0.15, 0.2) is 0 Å². The van der Waals surface area contributed by atoms with Crippen LogP contribution in [-0.4, -0.2) is 0 Å². The number of hydrogen-bond acceptors (Lipinski definition) is 3. The molecule has 0 aromatic heterocycles. The van der Waals surface area contributed by atoms with Crippen molar-refractivity contribution in [3.8, 4) is 22.3 Å². The molecule has 1 aliphatic heterocycles. The first-order chi connectivity index (χ1) is 10.4. The molecular formula is C18H13NS2. The fourth-order valence-corrected chi connectivity index (χ4v) is 4.64. The van der Waals surface area contributed by atoms with Gasteiger partial charge in [-0.2, -0.15) is 4.13 Å². The zero-order valence-corrected chi connectivity index (χ0v) is 12.9. The van der Waals surface area contributed by atoms with Gasteiger partial charge in [0.05, 0.1) is 0 Å². The molecule has 0 saturated heterocycles. The van der Waals surface area contributed by atoms with Gasteiger partial charge in [-0.25, -0.2) is 0 Å². The van der Waals surface area contributed by atoms with Crippen LogP contribution in [0.2, 0.25) is 0 Å². The maximum absolute atomic E-state index is 3.34. The quantitative estimate of drug-likeness (QED) is 0.615. The minimum Gasteiger partial charge on any atom is -0.199 e. The average molecular weight is 307 g/mol. The van der Waals surface area contributed by atoms with Crippen LogP contribution in [0.3, 0.4) is 0 Å². The van der Waals surface area contributed by atoms with Crippen LogP contribution in [0.4, 0.5) is 0 Å². The number of fused-ring (bicyclic) bond motifs is 1. The lowest BCUT2D eigenvalue weighted by Crippen LogP contribution is -1.86. The van der Waals surface area contributed by atoms with Crippen molar-refractivity contribution in [2.45, 2.75) is 9.79 Å². The molecular weight excluding hydrogens is 294 g/mol. The summed E-state index contributed by atoms with van der Waals surface area (Å²) in [5, 5.41) is 0. The van der Waals surface area contributed by atoms with Gasteiger partial charge in [0.1, 0.15) is 0 Å². The van der Waals surface area contributed by atoms with E-state index in [1.165, 1.54) is 32.0 Å². The molecule has 3 aromatic rings. The van der Waals surface area contributed by atoms with Crippen LogP contribution >= 0.6 is 23.9 Å². The zero-order chi connectivity index (χ0) is 14.1. The van der Waals surface area contributed by atoms with E-state index >= 15 is 0 Å². The second-order valence-corrected chi connectivity index (χ2v) is 6.73. The molecule has 21 heavy (non-hydrogen) atoms. The monoisotopic (exact) mass is 307 g/mol. The first kappa shape index (κ1) is 13.0. The van der Waals surface area contributed by atoms with Crippen LogP contribution < -0.4 is 4.13 Å². The summed E-state index contributed by atoms with van der Waals surface area (Å²) in [4.78, 5) is 2.65. The van der Waals surface area contributed by atoms with Crippen molar-refractivity contribution >= 4 is 23.9 Å². The van der Waals surface area contributed by atoms with Gasteiger partial charge in [-0.1, -0.05) is 72.8 Å². The van der Waals surface area contributed by atoms with E-state index in [1.807, 2.05) is 0 Å². The van der Waals surface area contributed by atoms with E-state index in [-0.39, 0.29) is 0 Å². The highest BCUT2D eigenvalue weighted by Crippen LogP contribution is 2.48. The largest absolute Gasteiger partial charge is 0.199 e. The van der Waals surface area contributed by atoms with Gasteiger partial charge in [0, 0.05) is 9.79 Å². The van der Waals surface area contributed by atoms with Gasteiger partial charge < -0.3 is 0 Å². The molecule has 4 rings (SSSR count). The Morgan fingerprint density at radius 3 is 1.38 bits per heavy atom. The van der Waals surface area contributed by atoms with Gasteiger partial charge >= 0.3 is 0 Å². The van der Waals surface area contributed by atoms with Crippen molar-refractivity contribution in [3.05, 3.63) is 72.8 Å². The number of nitrogens with one attached hydrogen (secondary N) is 1. The molecule has 0 aliphatic carbocycles. The van der Waals surface area contributed by atoms with Crippen LogP contribution in [0.15, 0.2) is 82.6 Å². The summed E-state index contributed by atoms with van der Waals surface area (Å²) in [7, 11) is 0. The Labute approximate surface area is 133 Å². The zero-order valence-electron chi connectivity index (χ0n) is 11.2. The van der Waals surface area contributed by atoms with E-state index < -0.39 is 0 Å². The Kier molecular flexibility index (Phi) is 3.47. The molecule has 0 saturated carbocycles. The number of benzene rings is 3. The Hall–Kier alpha value is -1.68. The predicted molar refractivity (Wildman–Crippen MR) is 92.2 cm³/mol. The fraction of sp³-hybridized carbons (Fsp3) is 0. The van der Waals surface area contributed by atoms with Crippen molar-refractivity contribution in [1.82, 2.24) is 4.13 Å². The Balaban J connectivity index is 1.90. The molecule has 102 valence electrons. The highest BCUT2D eigenvalue weighted by molar-refractivity contribution is 8.15.